The Bertz CT molecular complexity index is 240. The highest BCUT2D eigenvalue weighted by atomic mass is 79.9. The molecule has 0 saturated heterocycles. The molecular formula is C7H6BrF2N. The van der Waals surface area contributed by atoms with Crippen LogP contribution in [0.1, 0.15) is 17.7 Å². The predicted molar refractivity (Wildman–Crippen MR) is 41.8 cm³/mol. The van der Waals surface area contributed by atoms with Gasteiger partial charge >= 0.3 is 0 Å². The zero-order valence-electron chi connectivity index (χ0n) is 5.60. The van der Waals surface area contributed by atoms with E-state index >= 15 is 0 Å². The molecule has 0 radical (unpaired) electrons. The molecule has 1 nitrogen and oxygen atoms in total. The molecular weight excluding hydrogens is 216 g/mol. The van der Waals surface area contributed by atoms with Crippen LogP contribution in [0.3, 0.4) is 0 Å². The molecule has 0 saturated carbocycles. The van der Waals surface area contributed by atoms with Gasteiger partial charge < -0.3 is 0 Å². The fourth-order valence-corrected chi connectivity index (χ4v) is 1.23. The third-order valence-electron chi connectivity index (χ3n) is 1.29. The fourth-order valence-electron chi connectivity index (χ4n) is 0.761. The fraction of sp³-hybridized carbons (Fsp3) is 0.286. The van der Waals surface area contributed by atoms with E-state index in [0.29, 0.717) is 11.0 Å². The van der Waals surface area contributed by atoms with Crippen molar-refractivity contribution in [1.29, 1.82) is 0 Å². The maximum absolute atomic E-state index is 12.2. The lowest BCUT2D eigenvalue weighted by molar-refractivity contribution is 0.150. The van der Waals surface area contributed by atoms with E-state index in [1.54, 1.807) is 0 Å². The summed E-state index contributed by atoms with van der Waals surface area (Å²) in [5.74, 6) is 0. The average molecular weight is 222 g/mol. The molecule has 0 spiro atoms. The number of pyridine rings is 1. The molecule has 0 aliphatic carbocycles. The van der Waals surface area contributed by atoms with Crippen LogP contribution in [0.2, 0.25) is 0 Å². The third-order valence-corrected chi connectivity index (χ3v) is 1.82. The summed E-state index contributed by atoms with van der Waals surface area (Å²) in [6.07, 6.45) is -0.932. The van der Waals surface area contributed by atoms with Crippen molar-refractivity contribution < 1.29 is 8.78 Å². The highest BCUT2D eigenvalue weighted by Crippen LogP contribution is 2.22. The third kappa shape index (κ3) is 1.96. The van der Waals surface area contributed by atoms with Crippen molar-refractivity contribution in [3.8, 4) is 0 Å². The van der Waals surface area contributed by atoms with Crippen LogP contribution in [-0.2, 0) is 5.33 Å². The Kier molecular flexibility index (Phi) is 2.93. The quantitative estimate of drug-likeness (QED) is 0.701. The number of alkyl halides is 3. The van der Waals surface area contributed by atoms with Gasteiger partial charge in [-0.25, -0.2) is 8.78 Å². The Morgan fingerprint density at radius 3 is 2.73 bits per heavy atom. The lowest BCUT2D eigenvalue weighted by Gasteiger charge is -2.02. The Hall–Kier alpha value is -0.510. The minimum Gasteiger partial charge on any atom is -0.260 e. The van der Waals surface area contributed by atoms with Crippen molar-refractivity contribution in [2.45, 2.75) is 11.8 Å². The lowest BCUT2D eigenvalue weighted by Crippen LogP contribution is -1.94. The van der Waals surface area contributed by atoms with Crippen molar-refractivity contribution in [1.82, 2.24) is 4.98 Å². The molecule has 0 fully saturated rings. The Labute approximate surface area is 71.6 Å². The molecule has 0 aliphatic rings. The van der Waals surface area contributed by atoms with E-state index in [1.165, 1.54) is 18.3 Å². The maximum atomic E-state index is 12.2. The monoisotopic (exact) mass is 221 g/mol. The van der Waals surface area contributed by atoms with E-state index in [2.05, 4.69) is 20.9 Å². The van der Waals surface area contributed by atoms with Crippen LogP contribution in [0.15, 0.2) is 18.3 Å². The van der Waals surface area contributed by atoms with Gasteiger partial charge in [-0.2, -0.15) is 0 Å². The van der Waals surface area contributed by atoms with Gasteiger partial charge in [0, 0.05) is 17.1 Å². The lowest BCUT2D eigenvalue weighted by atomic mass is 10.2. The maximum Gasteiger partial charge on any atom is 0.265 e. The van der Waals surface area contributed by atoms with Gasteiger partial charge in [0.05, 0.1) is 5.69 Å². The Morgan fingerprint density at radius 2 is 2.27 bits per heavy atom. The first-order valence-electron chi connectivity index (χ1n) is 3.03. The minimum atomic E-state index is -2.43. The molecule has 0 bridgehead atoms. The van der Waals surface area contributed by atoms with Gasteiger partial charge in [-0.05, 0) is 12.1 Å². The van der Waals surface area contributed by atoms with Crippen LogP contribution in [0.4, 0.5) is 8.78 Å². The number of aromatic nitrogens is 1. The number of halogens is 3. The van der Waals surface area contributed by atoms with Gasteiger partial charge in [-0.3, -0.25) is 4.98 Å². The van der Waals surface area contributed by atoms with Crippen LogP contribution in [-0.4, -0.2) is 4.98 Å². The first kappa shape index (κ1) is 8.59. The zero-order chi connectivity index (χ0) is 8.27. The smallest absolute Gasteiger partial charge is 0.260 e. The second kappa shape index (κ2) is 3.76. The summed E-state index contributed by atoms with van der Waals surface area (Å²) in [5.41, 5.74) is 0.409. The van der Waals surface area contributed by atoms with E-state index < -0.39 is 6.43 Å². The summed E-state index contributed by atoms with van der Waals surface area (Å²) in [5, 5.41) is 0.369. The van der Waals surface area contributed by atoms with E-state index in [1.807, 2.05) is 0 Å². The number of hydrogen-bond acceptors (Lipinski definition) is 1. The van der Waals surface area contributed by atoms with Crippen molar-refractivity contribution in [3.63, 3.8) is 0 Å². The Morgan fingerprint density at radius 1 is 1.55 bits per heavy atom. The predicted octanol–water partition coefficient (Wildman–Crippen LogP) is 2.91. The van der Waals surface area contributed by atoms with Gasteiger partial charge in [0.2, 0.25) is 0 Å². The van der Waals surface area contributed by atoms with Gasteiger partial charge in [-0.15, -0.1) is 0 Å². The Balaban J connectivity index is 3.02. The molecule has 1 heterocycles. The molecule has 11 heavy (non-hydrogen) atoms. The van der Waals surface area contributed by atoms with Gasteiger partial charge in [-0.1, -0.05) is 15.9 Å². The normalized spacial score (nSPS) is 10.5. The molecule has 0 atom stereocenters. The highest BCUT2D eigenvalue weighted by molar-refractivity contribution is 9.08. The largest absolute Gasteiger partial charge is 0.265 e. The van der Waals surface area contributed by atoms with E-state index in [9.17, 15) is 8.78 Å². The number of hydrogen-bond donors (Lipinski definition) is 0. The van der Waals surface area contributed by atoms with Gasteiger partial charge in [0.1, 0.15) is 0 Å². The summed E-state index contributed by atoms with van der Waals surface area (Å²) in [7, 11) is 0. The molecule has 0 aromatic carbocycles. The molecule has 0 unspecified atom stereocenters. The first-order chi connectivity index (χ1) is 5.25. The van der Waals surface area contributed by atoms with Gasteiger partial charge in [0.25, 0.3) is 6.43 Å². The first-order valence-corrected chi connectivity index (χ1v) is 4.15. The van der Waals surface area contributed by atoms with Gasteiger partial charge in [0.15, 0.2) is 0 Å². The number of nitrogens with zero attached hydrogens (tertiary/aromatic N) is 1. The summed E-state index contributed by atoms with van der Waals surface area (Å²) in [4.78, 5) is 3.79. The molecule has 1 aromatic heterocycles. The van der Waals surface area contributed by atoms with Crippen LogP contribution in [0.5, 0.6) is 0 Å². The molecule has 0 amide bonds. The van der Waals surface area contributed by atoms with Crippen LogP contribution < -0.4 is 0 Å². The molecule has 1 rings (SSSR count). The molecule has 60 valence electrons. The van der Waals surface area contributed by atoms with Crippen molar-refractivity contribution in [2.75, 3.05) is 0 Å². The second-order valence-corrected chi connectivity index (χ2v) is 2.53. The van der Waals surface area contributed by atoms with Crippen molar-refractivity contribution in [3.05, 3.63) is 29.6 Å². The number of rotatable bonds is 2. The summed E-state index contributed by atoms with van der Waals surface area (Å²) in [6.45, 7) is 0. The summed E-state index contributed by atoms with van der Waals surface area (Å²) >= 11 is 3.08. The highest BCUT2D eigenvalue weighted by Gasteiger charge is 2.11. The zero-order valence-corrected chi connectivity index (χ0v) is 7.18. The molecule has 1 aromatic rings. The second-order valence-electron chi connectivity index (χ2n) is 1.97. The standard InChI is InChI=1S/C7H6BrF2N/c8-4-6-5(7(9)10)2-1-3-11-6/h1-3,7H,4H2. The van der Waals surface area contributed by atoms with Crippen LogP contribution in [0.25, 0.3) is 0 Å². The molecule has 0 aliphatic heterocycles. The molecule has 4 heteroatoms. The minimum absolute atomic E-state index is 0.00405. The van der Waals surface area contributed by atoms with E-state index in [0.717, 1.165) is 0 Å². The van der Waals surface area contributed by atoms with Crippen LogP contribution >= 0.6 is 15.9 Å². The van der Waals surface area contributed by atoms with E-state index in [4.69, 9.17) is 0 Å². The summed E-state index contributed by atoms with van der Waals surface area (Å²) < 4.78 is 24.3. The SMILES string of the molecule is FC(F)c1cccnc1CBr. The van der Waals surface area contributed by atoms with Crippen molar-refractivity contribution >= 4 is 15.9 Å². The average Bonchev–Trinajstić information content (AvgIpc) is 2.04. The molecule has 0 N–H and O–H groups in total. The van der Waals surface area contributed by atoms with Crippen LogP contribution in [0, 0.1) is 0 Å². The topological polar surface area (TPSA) is 12.9 Å². The van der Waals surface area contributed by atoms with E-state index in [-0.39, 0.29) is 5.56 Å². The summed E-state index contributed by atoms with van der Waals surface area (Å²) in [6, 6.07) is 2.89. The van der Waals surface area contributed by atoms with Crippen molar-refractivity contribution in [2.24, 2.45) is 0 Å².